The van der Waals surface area contributed by atoms with Crippen LogP contribution < -0.4 is 0 Å². The third kappa shape index (κ3) is 2.48. The van der Waals surface area contributed by atoms with Crippen molar-refractivity contribution in [1.29, 1.82) is 0 Å². The van der Waals surface area contributed by atoms with Crippen molar-refractivity contribution in [2.24, 2.45) is 0 Å². The first-order chi connectivity index (χ1) is 5.96. The highest BCUT2D eigenvalue weighted by molar-refractivity contribution is 9.10. The van der Waals surface area contributed by atoms with Crippen molar-refractivity contribution < 1.29 is 5.11 Å². The second-order valence-electron chi connectivity index (χ2n) is 3.38. The van der Waals surface area contributed by atoms with E-state index in [-0.39, 0.29) is 0 Å². The van der Waals surface area contributed by atoms with E-state index in [1.807, 2.05) is 24.5 Å². The Kier molecular flexibility index (Phi) is 3.44. The van der Waals surface area contributed by atoms with Crippen molar-refractivity contribution in [3.05, 3.63) is 28.2 Å². The average Bonchev–Trinajstić information content (AvgIpc) is 2.01. The number of halogens is 1. The fourth-order valence-electron chi connectivity index (χ4n) is 1.27. The summed E-state index contributed by atoms with van der Waals surface area (Å²) in [5, 5.41) is 9.94. The van der Waals surface area contributed by atoms with E-state index in [4.69, 9.17) is 0 Å². The molecule has 0 aliphatic rings. The van der Waals surface area contributed by atoms with Gasteiger partial charge in [0.05, 0.1) is 5.60 Å². The lowest BCUT2D eigenvalue weighted by Gasteiger charge is -2.22. The molecule has 0 radical (unpaired) electrons. The van der Waals surface area contributed by atoms with Crippen molar-refractivity contribution in [2.45, 2.75) is 24.3 Å². The molecule has 0 atom stereocenters. The standard InChI is InChI=1S/C10H13BrOS/c1-10(2,12)9-7(11)5-4-6-8(9)13-3/h4-6,12H,1-3H3. The van der Waals surface area contributed by atoms with Gasteiger partial charge in [0.25, 0.3) is 0 Å². The highest BCUT2D eigenvalue weighted by Crippen LogP contribution is 2.35. The SMILES string of the molecule is CSc1cccc(Br)c1C(C)(C)O. The second-order valence-corrected chi connectivity index (χ2v) is 5.08. The van der Waals surface area contributed by atoms with E-state index >= 15 is 0 Å². The number of hydrogen-bond donors (Lipinski definition) is 1. The summed E-state index contributed by atoms with van der Waals surface area (Å²) in [6, 6.07) is 5.95. The molecule has 1 N–H and O–H groups in total. The second kappa shape index (κ2) is 4.03. The van der Waals surface area contributed by atoms with E-state index in [9.17, 15) is 5.11 Å². The Morgan fingerprint density at radius 3 is 2.38 bits per heavy atom. The fourth-order valence-corrected chi connectivity index (χ4v) is 3.03. The molecule has 0 aromatic heterocycles. The van der Waals surface area contributed by atoms with Crippen LogP contribution in [0.5, 0.6) is 0 Å². The maximum Gasteiger partial charge on any atom is 0.0862 e. The van der Waals surface area contributed by atoms with Crippen LogP contribution in [0.15, 0.2) is 27.6 Å². The Morgan fingerprint density at radius 1 is 1.38 bits per heavy atom. The first kappa shape index (κ1) is 11.1. The quantitative estimate of drug-likeness (QED) is 0.823. The highest BCUT2D eigenvalue weighted by atomic mass is 79.9. The van der Waals surface area contributed by atoms with Gasteiger partial charge >= 0.3 is 0 Å². The zero-order chi connectivity index (χ0) is 10.1. The lowest BCUT2D eigenvalue weighted by molar-refractivity contribution is 0.0750. The Hall–Kier alpha value is 0.01000. The van der Waals surface area contributed by atoms with Crippen molar-refractivity contribution in [2.75, 3.05) is 6.26 Å². The van der Waals surface area contributed by atoms with Crippen LogP contribution in [-0.2, 0) is 5.60 Å². The molecule has 1 rings (SSSR count). The highest BCUT2D eigenvalue weighted by Gasteiger charge is 2.22. The van der Waals surface area contributed by atoms with Crippen LogP contribution in [-0.4, -0.2) is 11.4 Å². The predicted molar refractivity (Wildman–Crippen MR) is 61.2 cm³/mol. The van der Waals surface area contributed by atoms with Crippen LogP contribution in [0.25, 0.3) is 0 Å². The molecule has 0 unspecified atom stereocenters. The smallest absolute Gasteiger partial charge is 0.0862 e. The van der Waals surface area contributed by atoms with E-state index < -0.39 is 5.60 Å². The molecular weight excluding hydrogens is 248 g/mol. The summed E-state index contributed by atoms with van der Waals surface area (Å²) in [6.07, 6.45) is 2.01. The largest absolute Gasteiger partial charge is 0.386 e. The molecule has 0 aliphatic carbocycles. The lowest BCUT2D eigenvalue weighted by atomic mass is 9.99. The van der Waals surface area contributed by atoms with E-state index in [1.165, 1.54) is 0 Å². The fraction of sp³-hybridized carbons (Fsp3) is 0.400. The third-order valence-corrected chi connectivity index (χ3v) is 3.25. The molecule has 72 valence electrons. The summed E-state index contributed by atoms with van der Waals surface area (Å²) >= 11 is 5.10. The molecule has 0 aliphatic heterocycles. The van der Waals surface area contributed by atoms with Gasteiger partial charge in [-0.15, -0.1) is 11.8 Å². The molecule has 0 saturated heterocycles. The minimum atomic E-state index is -0.793. The molecule has 0 spiro atoms. The van der Waals surface area contributed by atoms with E-state index in [0.29, 0.717) is 0 Å². The first-order valence-corrected chi connectivity index (χ1v) is 6.04. The maximum absolute atomic E-state index is 9.94. The normalized spacial score (nSPS) is 11.8. The number of hydrogen-bond acceptors (Lipinski definition) is 2. The summed E-state index contributed by atoms with van der Waals surface area (Å²) in [4.78, 5) is 1.11. The van der Waals surface area contributed by atoms with Gasteiger partial charge in [0.15, 0.2) is 0 Å². The van der Waals surface area contributed by atoms with Crippen LogP contribution in [0.4, 0.5) is 0 Å². The van der Waals surface area contributed by atoms with Gasteiger partial charge in [-0.1, -0.05) is 22.0 Å². The van der Waals surface area contributed by atoms with Crippen LogP contribution in [0, 0.1) is 0 Å². The van der Waals surface area contributed by atoms with Gasteiger partial charge in [0.1, 0.15) is 0 Å². The average molecular weight is 261 g/mol. The van der Waals surface area contributed by atoms with Crippen molar-refractivity contribution in [1.82, 2.24) is 0 Å². The van der Waals surface area contributed by atoms with Crippen LogP contribution in [0.1, 0.15) is 19.4 Å². The molecule has 13 heavy (non-hydrogen) atoms. The number of aliphatic hydroxyl groups is 1. The van der Waals surface area contributed by atoms with Gasteiger partial charge < -0.3 is 5.11 Å². The summed E-state index contributed by atoms with van der Waals surface area (Å²) in [6.45, 7) is 3.60. The molecule has 0 fully saturated rings. The lowest BCUT2D eigenvalue weighted by Crippen LogP contribution is -2.17. The molecule has 1 aromatic carbocycles. The molecule has 0 saturated carbocycles. The molecule has 0 amide bonds. The van der Waals surface area contributed by atoms with Gasteiger partial charge in [-0.3, -0.25) is 0 Å². The van der Waals surface area contributed by atoms with Crippen molar-refractivity contribution in [3.63, 3.8) is 0 Å². The first-order valence-electron chi connectivity index (χ1n) is 4.02. The Bertz CT molecular complexity index is 304. The Morgan fingerprint density at radius 2 is 2.00 bits per heavy atom. The van der Waals surface area contributed by atoms with Crippen LogP contribution >= 0.6 is 27.7 Å². The zero-order valence-electron chi connectivity index (χ0n) is 7.97. The van der Waals surface area contributed by atoms with Crippen molar-refractivity contribution in [3.8, 4) is 0 Å². The minimum Gasteiger partial charge on any atom is -0.386 e. The minimum absolute atomic E-state index is 0.793. The number of benzene rings is 1. The maximum atomic E-state index is 9.94. The van der Waals surface area contributed by atoms with Gasteiger partial charge in [0.2, 0.25) is 0 Å². The zero-order valence-corrected chi connectivity index (χ0v) is 10.4. The predicted octanol–water partition coefficient (Wildman–Crippen LogP) is 3.40. The van der Waals surface area contributed by atoms with E-state index in [1.54, 1.807) is 25.6 Å². The Labute approximate surface area is 91.7 Å². The molecule has 3 heteroatoms. The third-order valence-electron chi connectivity index (χ3n) is 1.81. The summed E-state index contributed by atoms with van der Waals surface area (Å²) in [5.74, 6) is 0. The molecule has 0 heterocycles. The van der Waals surface area contributed by atoms with Gasteiger partial charge in [-0.05, 0) is 32.2 Å². The molecule has 0 bridgehead atoms. The van der Waals surface area contributed by atoms with Crippen molar-refractivity contribution >= 4 is 27.7 Å². The molecule has 1 aromatic rings. The van der Waals surface area contributed by atoms with Crippen LogP contribution in [0.3, 0.4) is 0 Å². The molecular formula is C10H13BrOS. The van der Waals surface area contributed by atoms with Gasteiger partial charge in [-0.2, -0.15) is 0 Å². The topological polar surface area (TPSA) is 20.2 Å². The van der Waals surface area contributed by atoms with E-state index in [2.05, 4.69) is 15.9 Å². The van der Waals surface area contributed by atoms with Crippen LogP contribution in [0.2, 0.25) is 0 Å². The Balaban J connectivity index is 3.32. The summed E-state index contributed by atoms with van der Waals surface area (Å²) in [7, 11) is 0. The summed E-state index contributed by atoms with van der Waals surface area (Å²) in [5.41, 5.74) is 0.167. The molecule has 1 nitrogen and oxygen atoms in total. The monoisotopic (exact) mass is 260 g/mol. The number of thioether (sulfide) groups is 1. The van der Waals surface area contributed by atoms with Gasteiger partial charge in [-0.25, -0.2) is 0 Å². The van der Waals surface area contributed by atoms with E-state index in [0.717, 1.165) is 14.9 Å². The number of rotatable bonds is 2. The van der Waals surface area contributed by atoms with Gasteiger partial charge in [0, 0.05) is 14.9 Å². The summed E-state index contributed by atoms with van der Waals surface area (Å²) < 4.78 is 0.965.